The molecule has 98 heavy (non-hydrogen) atoms. The van der Waals surface area contributed by atoms with E-state index in [0.717, 1.165) is 0 Å². The smallest absolute Gasteiger partial charge is 0.470 e. The molecule has 48 nitrogen and oxygen atoms in total. The highest BCUT2D eigenvalue weighted by Crippen LogP contribution is 2.48. The summed E-state index contributed by atoms with van der Waals surface area (Å²) in [6.07, 6.45) is -82.1. The molecule has 0 unspecified atom stereocenters. The van der Waals surface area contributed by atoms with Gasteiger partial charge in [-0.1, -0.05) is 0 Å². The van der Waals surface area contributed by atoms with Crippen LogP contribution in [0.15, 0.2) is 0 Å². The van der Waals surface area contributed by atoms with Crippen molar-refractivity contribution >= 4 is 27.6 Å². The zero-order chi connectivity index (χ0) is 73.3. The third kappa shape index (κ3) is 18.3. The molecule has 7 fully saturated rings. The van der Waals surface area contributed by atoms with Crippen molar-refractivity contribution in [1.29, 1.82) is 0 Å². The minimum atomic E-state index is -6.08. The number of phosphoric acid groups is 2. The minimum absolute atomic E-state index is 0.924. The Bertz CT molecular complexity index is 2660. The van der Waals surface area contributed by atoms with Gasteiger partial charge in [-0.25, -0.2) is 18.7 Å². The number of aliphatic carboxylic acids is 2. The Kier molecular flexibility index (Phi) is 28.7. The van der Waals surface area contributed by atoms with E-state index in [1.165, 1.54) is 0 Å². The van der Waals surface area contributed by atoms with Crippen LogP contribution >= 0.6 is 15.6 Å². The van der Waals surface area contributed by atoms with Crippen LogP contribution in [0.3, 0.4) is 0 Å². The van der Waals surface area contributed by atoms with E-state index in [0.29, 0.717) is 0 Å². The van der Waals surface area contributed by atoms with Crippen LogP contribution in [0.4, 0.5) is 0 Å². The Morgan fingerprint density at radius 2 is 0.929 bits per heavy atom. The fourth-order valence-corrected chi connectivity index (χ4v) is 12.9. The molecule has 0 radical (unpaired) electrons. The zero-order valence-electron chi connectivity index (χ0n) is 50.5. The first-order valence-electron chi connectivity index (χ1n) is 29.6. The van der Waals surface area contributed by atoms with Crippen LogP contribution in [-0.2, 0) is 89.3 Å². The van der Waals surface area contributed by atoms with Gasteiger partial charge in [0, 0.05) is 12.8 Å². The van der Waals surface area contributed by atoms with Gasteiger partial charge < -0.3 is 210 Å². The number of hydrogen-bond donors (Lipinski definition) is 29. The Morgan fingerprint density at radius 3 is 1.49 bits per heavy atom. The molecule has 0 aromatic heterocycles. The van der Waals surface area contributed by atoms with Gasteiger partial charge in [-0.2, -0.15) is 0 Å². The van der Waals surface area contributed by atoms with Crippen LogP contribution in [0.5, 0.6) is 0 Å². The van der Waals surface area contributed by atoms with Crippen LogP contribution in [0.25, 0.3) is 0 Å². The van der Waals surface area contributed by atoms with Gasteiger partial charge in [0.1, 0.15) is 159 Å². The molecule has 0 saturated carbocycles. The molecule has 7 aliphatic heterocycles. The van der Waals surface area contributed by atoms with E-state index in [1.807, 2.05) is 0 Å². The maximum atomic E-state index is 13.9. The number of rotatable bonds is 29. The molecule has 0 aromatic rings. The van der Waals surface area contributed by atoms with Gasteiger partial charge in [-0.3, -0.25) is 9.05 Å². The molecule has 0 aliphatic carbocycles. The first-order chi connectivity index (χ1) is 45.6. The predicted molar refractivity (Wildman–Crippen MR) is 292 cm³/mol. The molecule has 572 valence electrons. The summed E-state index contributed by atoms with van der Waals surface area (Å²) in [4.78, 5) is 67.8. The Labute approximate surface area is 549 Å². The fourth-order valence-electron chi connectivity index (χ4n) is 11.8. The largest absolute Gasteiger partial charge is 0.477 e. The lowest BCUT2D eigenvalue weighted by Gasteiger charge is -2.53. The molecular weight excluding hydrogens is 1400 g/mol. The molecule has 0 bridgehead atoms. The molecule has 7 rings (SSSR count). The number of carboxylic acid groups (broad SMARTS) is 2. The van der Waals surface area contributed by atoms with Crippen molar-refractivity contribution in [1.82, 2.24) is 0 Å². The lowest BCUT2D eigenvalue weighted by atomic mass is 9.89. The number of carboxylic acids is 2. The second-order valence-electron chi connectivity index (χ2n) is 23.8. The van der Waals surface area contributed by atoms with Gasteiger partial charge in [0.15, 0.2) is 31.5 Å². The normalized spacial score (nSPS) is 46.6. The van der Waals surface area contributed by atoms with Crippen LogP contribution in [0.2, 0.25) is 0 Å². The van der Waals surface area contributed by atoms with E-state index in [2.05, 4.69) is 0 Å². The summed E-state index contributed by atoms with van der Waals surface area (Å²) >= 11 is 0. The first-order valence-corrected chi connectivity index (χ1v) is 32.6. The molecule has 7 aliphatic rings. The van der Waals surface area contributed by atoms with E-state index in [9.17, 15) is 156 Å². The minimum Gasteiger partial charge on any atom is -0.477 e. The van der Waals surface area contributed by atoms with Crippen molar-refractivity contribution in [3.63, 3.8) is 0 Å². The van der Waals surface area contributed by atoms with E-state index >= 15 is 0 Å². The van der Waals surface area contributed by atoms with Gasteiger partial charge in [-0.15, -0.1) is 0 Å². The predicted octanol–water partition coefficient (Wildman–Crippen LogP) is -17.7. The van der Waals surface area contributed by atoms with Gasteiger partial charge >= 0.3 is 27.6 Å². The number of nitrogens with two attached hydrogens (primary N) is 2. The van der Waals surface area contributed by atoms with Crippen molar-refractivity contribution in [2.45, 2.75) is 239 Å². The molecule has 50 heteroatoms. The fraction of sp³-hybridized carbons (Fsp3) is 0.958. The Hall–Kier alpha value is -2.28. The van der Waals surface area contributed by atoms with Crippen molar-refractivity contribution < 1.29 is 226 Å². The van der Waals surface area contributed by atoms with Crippen molar-refractivity contribution in [3.05, 3.63) is 0 Å². The third-order valence-electron chi connectivity index (χ3n) is 17.0. The van der Waals surface area contributed by atoms with Gasteiger partial charge in [0.25, 0.3) is 11.6 Å². The summed E-state index contributed by atoms with van der Waals surface area (Å²) in [5.41, 5.74) is 11.7. The Balaban J connectivity index is 1.32. The zero-order valence-corrected chi connectivity index (χ0v) is 52.2. The molecule has 0 aromatic carbocycles. The highest BCUT2D eigenvalue weighted by Gasteiger charge is 2.65. The first kappa shape index (κ1) is 83.0. The molecule has 31 N–H and O–H groups in total. The number of aliphatic hydroxyl groups excluding tert-OH is 21. The molecular formula is C48H84N2O46P2. The second kappa shape index (κ2) is 33.9. The lowest BCUT2D eigenvalue weighted by Crippen LogP contribution is -2.71. The van der Waals surface area contributed by atoms with E-state index < -0.39 is 313 Å². The number of hydrogen-bond acceptors (Lipinski definition) is 42. The molecule has 37 atom stereocenters. The quantitative estimate of drug-likeness (QED) is 0.0309. The number of carbonyl (C=O) groups is 2. The molecule has 7 saturated heterocycles. The highest BCUT2D eigenvalue weighted by molar-refractivity contribution is 7.46. The summed E-state index contributed by atoms with van der Waals surface area (Å²) < 4.78 is 108. The van der Waals surface area contributed by atoms with Crippen molar-refractivity contribution in [3.8, 4) is 0 Å². The third-order valence-corrected chi connectivity index (χ3v) is 18.1. The molecule has 7 heterocycles. The molecule has 0 spiro atoms. The van der Waals surface area contributed by atoms with Crippen LogP contribution < -0.4 is 11.5 Å². The lowest BCUT2D eigenvalue weighted by molar-refractivity contribution is -0.408. The molecule has 0 amide bonds. The maximum absolute atomic E-state index is 13.9. The monoisotopic (exact) mass is 1490 g/mol. The highest BCUT2D eigenvalue weighted by atomic mass is 31.2. The number of aliphatic hydroxyl groups is 21. The topological polar surface area (TPSA) is 805 Å². The average Bonchev–Trinajstić information content (AvgIpc) is 0.742. The van der Waals surface area contributed by atoms with Gasteiger partial charge in [-0.05, 0) is 0 Å². The van der Waals surface area contributed by atoms with E-state index in [4.69, 9.17) is 82.1 Å². The maximum Gasteiger partial charge on any atom is 0.470 e. The van der Waals surface area contributed by atoms with Crippen molar-refractivity contribution in [2.75, 3.05) is 46.2 Å². The SMILES string of the molecule is N[C@@H]1[C@@H](O)[C@H](O)[C@@H](CO[C@@H]2O[C@H](CO[C@]3(C(=O)O)C[C@@H](O[C@]4(C(=O)O)C[C@@H](O)[C@@H](O)[C@@H]([C@H](O)CO)O4)[C@@H](O[C@H]4O[C@H]([C@@H](O)CO)[C@@H](OP(=O)(O)O)[C@H](O[C@H]5O[C@H]([C@@H](O)CO)[C@@H](O)[C@H](O[C@H]6O[C@H](CO)[C@@H](O)[C@H](O)[C@@H]6O)[C@@H]5O)[C@@H]4O)[C@@H]([C@H](O)CO)O3)[C@@H](OP(=O)(O)O)[C@H](O)[C@H]2N)O[C@@H]1O. The average molecular weight is 1490 g/mol. The van der Waals surface area contributed by atoms with Gasteiger partial charge in [0.05, 0.1) is 70.5 Å². The second-order valence-corrected chi connectivity index (χ2v) is 26.2. The van der Waals surface area contributed by atoms with E-state index in [-0.39, 0.29) is 0 Å². The summed E-state index contributed by atoms with van der Waals surface area (Å²) in [7, 11) is -11.9. The standard InChI is InChI=1S/C48H84N2O46P2/c49-19-24(64)23(63)17(84-40(19)71)8-82-41-20(50)25(65)35(95-97(76,77)78)18(86-41)9-83-47(45(72)73)2-15(92-48(46(74)75)1-10(56)21(61)32(93-48)12(58)4-52)36(34(94-47)14(60)6-54)89-44-30(70)38(39(96-98(79,80)81)33(88-44)13(59)5-53)91-43-29(69)37(28(68)31(87-43)11(57)3-51)90-42-27(67)26(66)22(62)16(7-55)85-42/h10-44,51-71H,1-9,49-50H2,(H,72,73)(H,74,75)(H2,76,77,78)(H2,79,80,81)/t10-,11+,12-,13+,14-,15-,16-,17-,18-,19-,20-,21-,22-,23-,24-,25-,26+,27+,28-,29+,30+,31-,32-,33-,34-,35-,36-,37+,38-,39-,40+,41-,42-,43-,44-,47-,48-/m1/s1. The summed E-state index contributed by atoms with van der Waals surface area (Å²) in [5.74, 6) is -12.1. The summed E-state index contributed by atoms with van der Waals surface area (Å²) in [6, 6.07) is -3.51. The Morgan fingerprint density at radius 1 is 0.449 bits per heavy atom. The summed E-state index contributed by atoms with van der Waals surface area (Å²) in [6.45, 7) is -9.40. The van der Waals surface area contributed by atoms with Crippen LogP contribution in [-0.4, -0.2) is 421 Å². The van der Waals surface area contributed by atoms with Gasteiger partial charge in [0.2, 0.25) is 0 Å². The number of ether oxygens (including phenoxy) is 13. The van der Waals surface area contributed by atoms with Crippen LogP contribution in [0, 0.1) is 0 Å². The van der Waals surface area contributed by atoms with Crippen molar-refractivity contribution in [2.24, 2.45) is 11.5 Å². The van der Waals surface area contributed by atoms with E-state index in [1.54, 1.807) is 0 Å². The summed E-state index contributed by atoms with van der Waals surface area (Å²) in [5, 5.41) is 249. The number of phosphoric ester groups is 2. The van der Waals surface area contributed by atoms with Crippen LogP contribution in [0.1, 0.15) is 12.8 Å².